The molecule has 0 aliphatic heterocycles. The molecule has 14 heavy (non-hydrogen) atoms. The van der Waals surface area contributed by atoms with E-state index in [2.05, 4.69) is 5.32 Å². The van der Waals surface area contributed by atoms with Crippen LogP contribution in [0, 0.1) is 11.8 Å². The van der Waals surface area contributed by atoms with Crippen molar-refractivity contribution in [2.75, 3.05) is 6.61 Å². The summed E-state index contributed by atoms with van der Waals surface area (Å²) in [6.45, 7) is 4.16. The van der Waals surface area contributed by atoms with Crippen molar-refractivity contribution >= 4 is 5.91 Å². The van der Waals surface area contributed by atoms with Gasteiger partial charge in [0.05, 0.1) is 0 Å². The molecule has 82 valence electrons. The lowest BCUT2D eigenvalue weighted by Crippen LogP contribution is -2.41. The Morgan fingerprint density at radius 3 is 2.86 bits per heavy atom. The highest BCUT2D eigenvalue weighted by atomic mass is 16.3. The minimum absolute atomic E-state index is 0.0925. The fourth-order valence-electron chi connectivity index (χ4n) is 1.96. The molecular formula is C11H21NO2. The van der Waals surface area contributed by atoms with Crippen LogP contribution in [0.2, 0.25) is 0 Å². The van der Waals surface area contributed by atoms with E-state index in [1.807, 2.05) is 13.8 Å². The molecule has 1 amide bonds. The van der Waals surface area contributed by atoms with Gasteiger partial charge in [-0.15, -0.1) is 0 Å². The van der Waals surface area contributed by atoms with Crippen molar-refractivity contribution in [2.24, 2.45) is 11.8 Å². The van der Waals surface area contributed by atoms with Crippen molar-refractivity contribution in [1.29, 1.82) is 0 Å². The molecule has 0 aromatic rings. The van der Waals surface area contributed by atoms with E-state index in [4.69, 9.17) is 5.11 Å². The molecule has 0 bridgehead atoms. The zero-order chi connectivity index (χ0) is 10.6. The SMILES string of the molecule is CCC(C)C(=O)NC1CCCC1CO. The lowest BCUT2D eigenvalue weighted by molar-refractivity contribution is -0.125. The number of hydrogen-bond acceptors (Lipinski definition) is 2. The number of aliphatic hydroxyl groups is 1. The number of aliphatic hydroxyl groups excluding tert-OH is 1. The summed E-state index contributed by atoms with van der Waals surface area (Å²) in [5.41, 5.74) is 0. The smallest absolute Gasteiger partial charge is 0.223 e. The Kier molecular flexibility index (Phi) is 4.39. The Hall–Kier alpha value is -0.570. The third-order valence-corrected chi connectivity index (χ3v) is 3.28. The van der Waals surface area contributed by atoms with Gasteiger partial charge >= 0.3 is 0 Å². The van der Waals surface area contributed by atoms with E-state index < -0.39 is 0 Å². The number of rotatable bonds is 4. The highest BCUT2D eigenvalue weighted by Gasteiger charge is 2.28. The Morgan fingerprint density at radius 2 is 2.29 bits per heavy atom. The molecule has 1 rings (SSSR count). The fraction of sp³-hybridized carbons (Fsp3) is 0.909. The first-order valence-corrected chi connectivity index (χ1v) is 5.60. The second kappa shape index (κ2) is 5.35. The normalized spacial score (nSPS) is 28.8. The average molecular weight is 199 g/mol. The van der Waals surface area contributed by atoms with E-state index in [-0.39, 0.29) is 30.4 Å². The highest BCUT2D eigenvalue weighted by molar-refractivity contribution is 5.78. The van der Waals surface area contributed by atoms with Gasteiger partial charge in [-0.2, -0.15) is 0 Å². The van der Waals surface area contributed by atoms with E-state index in [1.54, 1.807) is 0 Å². The summed E-state index contributed by atoms with van der Waals surface area (Å²) in [4.78, 5) is 11.6. The minimum Gasteiger partial charge on any atom is -0.396 e. The van der Waals surface area contributed by atoms with E-state index in [9.17, 15) is 4.79 Å². The zero-order valence-corrected chi connectivity index (χ0v) is 9.12. The van der Waals surface area contributed by atoms with Gasteiger partial charge in [0.25, 0.3) is 0 Å². The average Bonchev–Trinajstić information content (AvgIpc) is 2.63. The number of carbonyl (C=O) groups excluding carboxylic acids is 1. The Balaban J connectivity index is 2.39. The Morgan fingerprint density at radius 1 is 1.57 bits per heavy atom. The first-order valence-electron chi connectivity index (χ1n) is 5.60. The molecule has 1 aliphatic rings. The minimum atomic E-state index is 0.0925. The molecule has 3 nitrogen and oxygen atoms in total. The van der Waals surface area contributed by atoms with Crippen LogP contribution in [0.15, 0.2) is 0 Å². The van der Waals surface area contributed by atoms with Gasteiger partial charge in [0, 0.05) is 24.5 Å². The Labute approximate surface area is 85.9 Å². The van der Waals surface area contributed by atoms with Crippen LogP contribution < -0.4 is 5.32 Å². The van der Waals surface area contributed by atoms with E-state index in [0.717, 1.165) is 25.7 Å². The summed E-state index contributed by atoms with van der Waals surface area (Å²) in [7, 11) is 0. The molecule has 0 spiro atoms. The van der Waals surface area contributed by atoms with E-state index >= 15 is 0 Å². The van der Waals surface area contributed by atoms with E-state index in [1.165, 1.54) is 0 Å². The van der Waals surface area contributed by atoms with Gasteiger partial charge in [0.15, 0.2) is 0 Å². The number of amides is 1. The van der Waals surface area contributed by atoms with Gasteiger partial charge < -0.3 is 10.4 Å². The second-order valence-electron chi connectivity index (χ2n) is 4.30. The maximum absolute atomic E-state index is 11.6. The molecule has 0 saturated heterocycles. The third-order valence-electron chi connectivity index (χ3n) is 3.28. The summed E-state index contributed by atoms with van der Waals surface area (Å²) >= 11 is 0. The van der Waals surface area contributed by atoms with E-state index in [0.29, 0.717) is 0 Å². The monoisotopic (exact) mass is 199 g/mol. The van der Waals surface area contributed by atoms with Crippen LogP contribution >= 0.6 is 0 Å². The van der Waals surface area contributed by atoms with Crippen LogP contribution in [-0.2, 0) is 4.79 Å². The summed E-state index contributed by atoms with van der Waals surface area (Å²) in [6.07, 6.45) is 4.06. The van der Waals surface area contributed by atoms with Gasteiger partial charge in [-0.3, -0.25) is 4.79 Å². The summed E-state index contributed by atoms with van der Waals surface area (Å²) in [6, 6.07) is 0.210. The molecule has 0 aromatic carbocycles. The van der Waals surface area contributed by atoms with Crippen molar-refractivity contribution in [3.8, 4) is 0 Å². The van der Waals surface area contributed by atoms with Crippen molar-refractivity contribution in [3.63, 3.8) is 0 Å². The van der Waals surface area contributed by atoms with Gasteiger partial charge in [-0.05, 0) is 19.3 Å². The van der Waals surface area contributed by atoms with Crippen molar-refractivity contribution < 1.29 is 9.90 Å². The van der Waals surface area contributed by atoms with Gasteiger partial charge in [0.1, 0.15) is 0 Å². The Bertz CT molecular complexity index is 194. The van der Waals surface area contributed by atoms with Crippen LogP contribution in [0.1, 0.15) is 39.5 Å². The molecule has 0 heterocycles. The summed E-state index contributed by atoms with van der Waals surface area (Å²) in [5.74, 6) is 0.510. The molecular weight excluding hydrogens is 178 g/mol. The molecule has 0 radical (unpaired) electrons. The largest absolute Gasteiger partial charge is 0.396 e. The quantitative estimate of drug-likeness (QED) is 0.717. The standard InChI is InChI=1S/C11H21NO2/c1-3-8(2)11(14)12-10-6-4-5-9(10)7-13/h8-10,13H,3-7H2,1-2H3,(H,12,14). The summed E-state index contributed by atoms with van der Waals surface area (Å²) in [5, 5.41) is 12.1. The fourth-order valence-corrected chi connectivity index (χ4v) is 1.96. The van der Waals surface area contributed by atoms with Crippen molar-refractivity contribution in [3.05, 3.63) is 0 Å². The number of carbonyl (C=O) groups is 1. The molecule has 0 aromatic heterocycles. The van der Waals surface area contributed by atoms with Crippen LogP contribution in [-0.4, -0.2) is 23.7 Å². The molecule has 3 heteroatoms. The molecule has 1 aliphatic carbocycles. The van der Waals surface area contributed by atoms with Crippen molar-refractivity contribution in [2.45, 2.75) is 45.6 Å². The maximum Gasteiger partial charge on any atom is 0.223 e. The van der Waals surface area contributed by atoms with Crippen LogP contribution in [0.5, 0.6) is 0 Å². The first-order chi connectivity index (χ1) is 6.69. The van der Waals surface area contributed by atoms with Gasteiger partial charge in [-0.25, -0.2) is 0 Å². The predicted octanol–water partition coefficient (Wildman–Crippen LogP) is 1.31. The zero-order valence-electron chi connectivity index (χ0n) is 9.12. The van der Waals surface area contributed by atoms with Gasteiger partial charge in [0.2, 0.25) is 5.91 Å². The lowest BCUT2D eigenvalue weighted by atomic mass is 10.0. The number of hydrogen-bond donors (Lipinski definition) is 2. The maximum atomic E-state index is 11.6. The highest BCUT2D eigenvalue weighted by Crippen LogP contribution is 2.25. The molecule has 1 saturated carbocycles. The first kappa shape index (κ1) is 11.5. The third kappa shape index (κ3) is 2.71. The molecule has 2 N–H and O–H groups in total. The predicted molar refractivity (Wildman–Crippen MR) is 55.8 cm³/mol. The molecule has 1 fully saturated rings. The van der Waals surface area contributed by atoms with Crippen molar-refractivity contribution in [1.82, 2.24) is 5.32 Å². The number of nitrogens with one attached hydrogen (secondary N) is 1. The van der Waals surface area contributed by atoms with Crippen LogP contribution in [0.4, 0.5) is 0 Å². The molecule has 3 unspecified atom stereocenters. The molecule has 3 atom stereocenters. The topological polar surface area (TPSA) is 49.3 Å². The van der Waals surface area contributed by atoms with Crippen LogP contribution in [0.25, 0.3) is 0 Å². The summed E-state index contributed by atoms with van der Waals surface area (Å²) < 4.78 is 0. The lowest BCUT2D eigenvalue weighted by Gasteiger charge is -2.20. The van der Waals surface area contributed by atoms with Gasteiger partial charge in [-0.1, -0.05) is 20.3 Å². The van der Waals surface area contributed by atoms with Crippen LogP contribution in [0.3, 0.4) is 0 Å². The second-order valence-corrected chi connectivity index (χ2v) is 4.30.